The zero-order chi connectivity index (χ0) is 27.3. The van der Waals surface area contributed by atoms with Gasteiger partial charge in [0.25, 0.3) is 0 Å². The van der Waals surface area contributed by atoms with E-state index in [0.717, 1.165) is 43.2 Å². The minimum absolute atomic E-state index is 0.0397. The molecule has 9 heteroatoms. The molecule has 6 rings (SSSR count). The number of fused-ring (bicyclic) bond motifs is 4. The molecule has 2 bridgehead atoms. The third-order valence-corrected chi connectivity index (χ3v) is 7.95. The standard InChI is InChI=1S/C30H33ClFN5O2/c1-17(13-36(2)3)16-39-30-34-28-24(29(35-30)37-14-19-8-9-20(15-37)33-19)12-25(31)26(27(28)32)23-11-21(38)10-18-6-4-5-7-22(18)23/h4-7,10-12,17,19-20,33,38H,8-9,13-16H2,1-3H3/t17-,19?,20?/m1/s1. The number of hydrogen-bond acceptors (Lipinski definition) is 7. The molecule has 4 aromatic rings. The molecule has 0 radical (unpaired) electrons. The summed E-state index contributed by atoms with van der Waals surface area (Å²) >= 11 is 6.82. The summed E-state index contributed by atoms with van der Waals surface area (Å²) in [4.78, 5) is 13.7. The van der Waals surface area contributed by atoms with Crippen LogP contribution in [-0.4, -0.2) is 72.4 Å². The Hall–Kier alpha value is -3.20. The molecule has 2 N–H and O–H groups in total. The summed E-state index contributed by atoms with van der Waals surface area (Å²) in [6, 6.07) is 13.4. The van der Waals surface area contributed by atoms with E-state index in [1.165, 1.54) is 0 Å². The summed E-state index contributed by atoms with van der Waals surface area (Å²) in [7, 11) is 4.04. The van der Waals surface area contributed by atoms with E-state index in [1.54, 1.807) is 18.2 Å². The average molecular weight is 550 g/mol. The van der Waals surface area contributed by atoms with Crippen molar-refractivity contribution in [2.24, 2.45) is 5.92 Å². The van der Waals surface area contributed by atoms with Gasteiger partial charge in [0, 0.05) is 48.6 Å². The molecule has 1 aromatic heterocycles. The van der Waals surface area contributed by atoms with Gasteiger partial charge in [0.15, 0.2) is 5.82 Å². The Bertz CT molecular complexity index is 1540. The SMILES string of the molecule is C[C@@H](COc1nc(N2CC3CCC(C2)N3)c2cc(Cl)c(-c3cc(O)cc4ccccc34)c(F)c2n1)CN(C)C. The molecule has 3 aromatic carbocycles. The second-order valence-electron chi connectivity index (χ2n) is 11.2. The molecule has 7 nitrogen and oxygen atoms in total. The topological polar surface area (TPSA) is 73.8 Å². The number of nitrogens with zero attached hydrogens (tertiary/aromatic N) is 4. The van der Waals surface area contributed by atoms with E-state index in [-0.39, 0.29) is 33.8 Å². The molecule has 2 aliphatic rings. The van der Waals surface area contributed by atoms with Gasteiger partial charge in [-0.25, -0.2) is 4.39 Å². The highest BCUT2D eigenvalue weighted by Crippen LogP contribution is 2.42. The van der Waals surface area contributed by atoms with E-state index in [2.05, 4.69) is 27.0 Å². The molecular formula is C30H33ClFN5O2. The van der Waals surface area contributed by atoms with Crippen molar-refractivity contribution in [1.29, 1.82) is 0 Å². The van der Waals surface area contributed by atoms with Crippen LogP contribution in [0.3, 0.4) is 0 Å². The lowest BCUT2D eigenvalue weighted by atomic mass is 9.96. The zero-order valence-corrected chi connectivity index (χ0v) is 23.2. The first-order valence-electron chi connectivity index (χ1n) is 13.5. The van der Waals surface area contributed by atoms with Gasteiger partial charge in [-0.2, -0.15) is 9.97 Å². The summed E-state index contributed by atoms with van der Waals surface area (Å²) in [6.07, 6.45) is 2.22. The summed E-state index contributed by atoms with van der Waals surface area (Å²) in [5.74, 6) is 0.364. The van der Waals surface area contributed by atoms with Crippen LogP contribution in [-0.2, 0) is 0 Å². The van der Waals surface area contributed by atoms with Gasteiger partial charge in [-0.3, -0.25) is 0 Å². The molecule has 0 amide bonds. The summed E-state index contributed by atoms with van der Waals surface area (Å²) < 4.78 is 22.7. The number of halogens is 2. The van der Waals surface area contributed by atoms with Gasteiger partial charge in [-0.05, 0) is 61.5 Å². The first-order chi connectivity index (χ1) is 18.8. The fourth-order valence-corrected chi connectivity index (χ4v) is 6.37. The van der Waals surface area contributed by atoms with E-state index < -0.39 is 5.82 Å². The molecule has 204 valence electrons. The predicted molar refractivity (Wildman–Crippen MR) is 154 cm³/mol. The van der Waals surface area contributed by atoms with E-state index >= 15 is 4.39 Å². The Morgan fingerprint density at radius 1 is 1.13 bits per heavy atom. The van der Waals surface area contributed by atoms with Crippen LogP contribution in [0.25, 0.3) is 32.8 Å². The fraction of sp³-hybridized carbons (Fsp3) is 0.400. The lowest BCUT2D eigenvalue weighted by Gasteiger charge is -2.34. The van der Waals surface area contributed by atoms with Crippen molar-refractivity contribution in [3.05, 3.63) is 53.3 Å². The van der Waals surface area contributed by atoms with E-state index in [4.69, 9.17) is 21.3 Å². The average Bonchev–Trinajstić information content (AvgIpc) is 3.24. The zero-order valence-electron chi connectivity index (χ0n) is 22.4. The second kappa shape index (κ2) is 10.4. The number of phenols is 1. The first-order valence-corrected chi connectivity index (χ1v) is 13.8. The number of hydrogen-bond donors (Lipinski definition) is 2. The second-order valence-corrected chi connectivity index (χ2v) is 11.6. The Morgan fingerprint density at radius 3 is 2.62 bits per heavy atom. The molecule has 2 fully saturated rings. The fourth-order valence-electron chi connectivity index (χ4n) is 6.08. The highest BCUT2D eigenvalue weighted by molar-refractivity contribution is 6.35. The maximum Gasteiger partial charge on any atom is 0.319 e. The molecule has 0 spiro atoms. The summed E-state index contributed by atoms with van der Waals surface area (Å²) in [5.41, 5.74) is 0.874. The van der Waals surface area contributed by atoms with Crippen LogP contribution in [0.1, 0.15) is 19.8 Å². The van der Waals surface area contributed by atoms with Gasteiger partial charge >= 0.3 is 6.01 Å². The van der Waals surface area contributed by atoms with Crippen LogP contribution in [0.5, 0.6) is 11.8 Å². The molecule has 0 saturated carbocycles. The van der Waals surface area contributed by atoms with Crippen LogP contribution in [0.15, 0.2) is 42.5 Å². The Labute approximate surface area is 232 Å². The molecular weight excluding hydrogens is 517 g/mol. The highest BCUT2D eigenvalue weighted by atomic mass is 35.5. The number of aromatic nitrogens is 2. The molecule has 2 aliphatic heterocycles. The van der Waals surface area contributed by atoms with Crippen LogP contribution >= 0.6 is 11.6 Å². The lowest BCUT2D eigenvalue weighted by Crippen LogP contribution is -2.51. The number of ether oxygens (including phenoxy) is 1. The Balaban J connectivity index is 1.51. The number of nitrogens with one attached hydrogen (secondary N) is 1. The predicted octanol–water partition coefficient (Wildman–Crippen LogP) is 5.47. The van der Waals surface area contributed by atoms with Gasteiger partial charge in [-0.15, -0.1) is 0 Å². The largest absolute Gasteiger partial charge is 0.508 e. The minimum Gasteiger partial charge on any atom is -0.508 e. The van der Waals surface area contributed by atoms with E-state index in [1.807, 2.05) is 38.4 Å². The molecule has 39 heavy (non-hydrogen) atoms. The quantitative estimate of drug-likeness (QED) is 0.317. The minimum atomic E-state index is -0.554. The van der Waals surface area contributed by atoms with Crippen molar-refractivity contribution < 1.29 is 14.2 Å². The number of anilines is 1. The molecule has 0 aliphatic carbocycles. The number of phenolic OH excluding ortho intramolecular Hbond substituents is 1. The third-order valence-electron chi connectivity index (χ3n) is 7.65. The number of piperazine rings is 1. The highest BCUT2D eigenvalue weighted by Gasteiger charge is 2.34. The molecule has 2 unspecified atom stereocenters. The van der Waals surface area contributed by atoms with Crippen molar-refractivity contribution in [2.75, 3.05) is 45.2 Å². The number of rotatable bonds is 7. The number of benzene rings is 3. The van der Waals surface area contributed by atoms with Crippen LogP contribution in [0, 0.1) is 11.7 Å². The molecule has 2 saturated heterocycles. The Kier molecular flexibility index (Phi) is 6.95. The third kappa shape index (κ3) is 5.09. The maximum atomic E-state index is 16.6. The van der Waals surface area contributed by atoms with Gasteiger partial charge in [0.1, 0.15) is 17.1 Å². The summed E-state index contributed by atoms with van der Waals surface area (Å²) in [6.45, 7) is 4.91. The number of aromatic hydroxyl groups is 1. The molecule has 3 atom stereocenters. The van der Waals surface area contributed by atoms with Crippen molar-refractivity contribution in [3.8, 4) is 22.9 Å². The molecule has 3 heterocycles. The van der Waals surface area contributed by atoms with Crippen LogP contribution in [0.2, 0.25) is 5.02 Å². The van der Waals surface area contributed by atoms with E-state index in [9.17, 15) is 5.11 Å². The monoisotopic (exact) mass is 549 g/mol. The lowest BCUT2D eigenvalue weighted by molar-refractivity contribution is 0.210. The van der Waals surface area contributed by atoms with Gasteiger partial charge in [-0.1, -0.05) is 42.8 Å². The Morgan fingerprint density at radius 2 is 1.87 bits per heavy atom. The first kappa shape index (κ1) is 26.0. The van der Waals surface area contributed by atoms with E-state index in [0.29, 0.717) is 35.5 Å². The summed E-state index contributed by atoms with van der Waals surface area (Å²) in [5, 5.41) is 16.5. The van der Waals surface area contributed by atoms with Crippen molar-refractivity contribution >= 4 is 39.1 Å². The van der Waals surface area contributed by atoms with Crippen molar-refractivity contribution in [1.82, 2.24) is 20.2 Å². The van der Waals surface area contributed by atoms with Gasteiger partial charge in [0.05, 0.1) is 11.6 Å². The smallest absolute Gasteiger partial charge is 0.319 e. The van der Waals surface area contributed by atoms with Gasteiger partial charge in [0.2, 0.25) is 0 Å². The van der Waals surface area contributed by atoms with Gasteiger partial charge < -0.3 is 25.0 Å². The maximum absolute atomic E-state index is 16.6. The normalized spacial score (nSPS) is 19.8. The van der Waals surface area contributed by atoms with Crippen molar-refractivity contribution in [2.45, 2.75) is 31.8 Å². The van der Waals surface area contributed by atoms with Crippen LogP contribution in [0.4, 0.5) is 10.2 Å². The van der Waals surface area contributed by atoms with Crippen LogP contribution < -0.4 is 15.0 Å². The van der Waals surface area contributed by atoms with Crippen molar-refractivity contribution in [3.63, 3.8) is 0 Å².